The van der Waals surface area contributed by atoms with E-state index in [-0.39, 0.29) is 12.4 Å². The third kappa shape index (κ3) is 12.9. The summed E-state index contributed by atoms with van der Waals surface area (Å²) in [7, 11) is 0. The van der Waals surface area contributed by atoms with E-state index in [0.29, 0.717) is 0 Å². The topological polar surface area (TPSA) is 12.4 Å². The molecule has 0 aliphatic heterocycles. The molecule has 0 N–H and O–H groups in total. The van der Waals surface area contributed by atoms with Gasteiger partial charge in [0, 0.05) is 12.4 Å². The number of hydrogen-bond donors (Lipinski definition) is 0. The molecule has 74 valence electrons. The first-order valence-electron chi connectivity index (χ1n) is 4.46. The summed E-state index contributed by atoms with van der Waals surface area (Å²) in [6.45, 7) is 3.11. The Morgan fingerprint density at radius 3 is 2.58 bits per heavy atom. The summed E-state index contributed by atoms with van der Waals surface area (Å²) < 4.78 is 0. The second-order valence-corrected chi connectivity index (χ2v) is 3.01. The summed E-state index contributed by atoms with van der Waals surface area (Å²) >= 11 is 5.49. The lowest BCUT2D eigenvalue weighted by Gasteiger charge is -1.91. The Morgan fingerprint density at radius 2 is 2.00 bits per heavy atom. The number of aliphatic imine (C=N–C) groups is 1. The Morgan fingerprint density at radius 1 is 1.25 bits per heavy atom. The molecule has 0 aliphatic rings. The molecular formula is C9H19Cl2N. The van der Waals surface area contributed by atoms with Crippen molar-refractivity contribution in [3.8, 4) is 0 Å². The summed E-state index contributed by atoms with van der Waals surface area (Å²) in [5, 5.41) is 0. The molecule has 0 saturated carbocycles. The average molecular weight is 212 g/mol. The van der Waals surface area contributed by atoms with Gasteiger partial charge in [-0.05, 0) is 25.5 Å². The second kappa shape index (κ2) is 13.8. The SMILES string of the molecule is CCCCCC=NCCCCl.Cl. The van der Waals surface area contributed by atoms with Crippen LogP contribution >= 0.6 is 24.0 Å². The summed E-state index contributed by atoms with van der Waals surface area (Å²) in [4.78, 5) is 4.22. The minimum atomic E-state index is 0. The molecule has 0 bridgehead atoms. The Labute approximate surface area is 87.0 Å². The van der Waals surface area contributed by atoms with Crippen molar-refractivity contribution in [2.75, 3.05) is 12.4 Å². The lowest BCUT2D eigenvalue weighted by Crippen LogP contribution is -1.83. The minimum Gasteiger partial charge on any atom is -0.297 e. The van der Waals surface area contributed by atoms with E-state index in [1.807, 2.05) is 6.21 Å². The van der Waals surface area contributed by atoms with Crippen LogP contribution in [-0.2, 0) is 0 Å². The first-order valence-corrected chi connectivity index (χ1v) is 4.99. The van der Waals surface area contributed by atoms with Crippen molar-refractivity contribution in [1.82, 2.24) is 0 Å². The minimum absolute atomic E-state index is 0. The average Bonchev–Trinajstić information content (AvgIpc) is 2.03. The monoisotopic (exact) mass is 211 g/mol. The fourth-order valence-electron chi connectivity index (χ4n) is 0.819. The Bertz CT molecular complexity index is 94.5. The second-order valence-electron chi connectivity index (χ2n) is 2.63. The normalized spacial score (nSPS) is 10.2. The van der Waals surface area contributed by atoms with E-state index in [0.717, 1.165) is 25.3 Å². The molecular weight excluding hydrogens is 193 g/mol. The van der Waals surface area contributed by atoms with Crippen molar-refractivity contribution in [3.63, 3.8) is 0 Å². The van der Waals surface area contributed by atoms with Gasteiger partial charge in [0.15, 0.2) is 0 Å². The van der Waals surface area contributed by atoms with E-state index in [1.165, 1.54) is 19.3 Å². The van der Waals surface area contributed by atoms with Crippen molar-refractivity contribution in [2.45, 2.75) is 39.0 Å². The Hall–Kier alpha value is 0.250. The zero-order chi connectivity index (χ0) is 8.36. The highest BCUT2D eigenvalue weighted by molar-refractivity contribution is 6.17. The zero-order valence-electron chi connectivity index (χ0n) is 7.76. The summed E-state index contributed by atoms with van der Waals surface area (Å²) in [6, 6.07) is 0. The number of rotatable bonds is 7. The van der Waals surface area contributed by atoms with Crippen LogP contribution < -0.4 is 0 Å². The molecule has 0 amide bonds. The highest BCUT2D eigenvalue weighted by atomic mass is 35.5. The first kappa shape index (κ1) is 14.8. The van der Waals surface area contributed by atoms with Crippen molar-refractivity contribution >= 4 is 30.2 Å². The smallest absolute Gasteiger partial charge is 0.0396 e. The molecule has 0 radical (unpaired) electrons. The molecule has 0 unspecified atom stereocenters. The molecule has 0 fully saturated rings. The summed E-state index contributed by atoms with van der Waals surface area (Å²) in [5.74, 6) is 0.728. The molecule has 0 aliphatic carbocycles. The van der Waals surface area contributed by atoms with Gasteiger partial charge in [-0.1, -0.05) is 19.8 Å². The van der Waals surface area contributed by atoms with Crippen LogP contribution in [-0.4, -0.2) is 18.6 Å². The number of nitrogens with zero attached hydrogens (tertiary/aromatic N) is 1. The van der Waals surface area contributed by atoms with E-state index < -0.39 is 0 Å². The van der Waals surface area contributed by atoms with Crippen LogP contribution in [0.5, 0.6) is 0 Å². The number of hydrogen-bond acceptors (Lipinski definition) is 1. The van der Waals surface area contributed by atoms with E-state index in [1.54, 1.807) is 0 Å². The van der Waals surface area contributed by atoms with Crippen LogP contribution in [0.15, 0.2) is 4.99 Å². The maximum Gasteiger partial charge on any atom is 0.0396 e. The molecule has 0 aromatic rings. The largest absolute Gasteiger partial charge is 0.297 e. The molecule has 0 atom stereocenters. The van der Waals surface area contributed by atoms with Gasteiger partial charge in [-0.2, -0.15) is 0 Å². The fraction of sp³-hybridized carbons (Fsp3) is 0.889. The van der Waals surface area contributed by atoms with E-state index >= 15 is 0 Å². The third-order valence-corrected chi connectivity index (χ3v) is 1.75. The quantitative estimate of drug-likeness (QED) is 0.346. The number of alkyl halides is 1. The zero-order valence-corrected chi connectivity index (χ0v) is 9.33. The maximum absolute atomic E-state index is 5.49. The summed E-state index contributed by atoms with van der Waals surface area (Å²) in [5.41, 5.74) is 0. The molecule has 0 saturated heterocycles. The molecule has 0 rings (SSSR count). The predicted molar refractivity (Wildman–Crippen MR) is 60.1 cm³/mol. The van der Waals surface area contributed by atoms with Crippen molar-refractivity contribution in [2.24, 2.45) is 4.99 Å². The van der Waals surface area contributed by atoms with Crippen molar-refractivity contribution in [1.29, 1.82) is 0 Å². The lowest BCUT2D eigenvalue weighted by molar-refractivity contribution is 0.744. The Balaban J connectivity index is 0. The van der Waals surface area contributed by atoms with Gasteiger partial charge < -0.3 is 0 Å². The molecule has 0 spiro atoms. The standard InChI is InChI=1S/C9H18ClN.ClH/c1-2-3-4-5-8-11-9-6-7-10;/h8H,2-7,9H2,1H3;1H. The van der Waals surface area contributed by atoms with Gasteiger partial charge in [0.05, 0.1) is 0 Å². The highest BCUT2D eigenvalue weighted by Crippen LogP contribution is 1.96. The van der Waals surface area contributed by atoms with Gasteiger partial charge in [-0.3, -0.25) is 4.99 Å². The van der Waals surface area contributed by atoms with Crippen LogP contribution in [0.1, 0.15) is 39.0 Å². The van der Waals surface area contributed by atoms with Crippen LogP contribution in [0.4, 0.5) is 0 Å². The van der Waals surface area contributed by atoms with Crippen LogP contribution in [0.3, 0.4) is 0 Å². The van der Waals surface area contributed by atoms with Crippen LogP contribution in [0.25, 0.3) is 0 Å². The van der Waals surface area contributed by atoms with Gasteiger partial charge in [0.1, 0.15) is 0 Å². The predicted octanol–water partition coefficient (Wildman–Crippen LogP) is 3.69. The van der Waals surface area contributed by atoms with Crippen LogP contribution in [0, 0.1) is 0 Å². The number of halogens is 2. The van der Waals surface area contributed by atoms with Gasteiger partial charge in [0.2, 0.25) is 0 Å². The third-order valence-electron chi connectivity index (χ3n) is 1.49. The lowest BCUT2D eigenvalue weighted by atomic mass is 10.2. The first-order chi connectivity index (χ1) is 5.41. The molecule has 0 heterocycles. The van der Waals surface area contributed by atoms with Crippen molar-refractivity contribution < 1.29 is 0 Å². The van der Waals surface area contributed by atoms with Gasteiger partial charge in [-0.25, -0.2) is 0 Å². The van der Waals surface area contributed by atoms with Gasteiger partial charge in [0.25, 0.3) is 0 Å². The Kier molecular flexibility index (Phi) is 17.0. The molecule has 0 aromatic carbocycles. The molecule has 12 heavy (non-hydrogen) atoms. The molecule has 3 heteroatoms. The van der Waals surface area contributed by atoms with Gasteiger partial charge in [-0.15, -0.1) is 24.0 Å². The van der Waals surface area contributed by atoms with Gasteiger partial charge >= 0.3 is 0 Å². The van der Waals surface area contributed by atoms with Crippen LogP contribution in [0.2, 0.25) is 0 Å². The fourth-order valence-corrected chi connectivity index (χ4v) is 0.939. The highest BCUT2D eigenvalue weighted by Gasteiger charge is 1.82. The van der Waals surface area contributed by atoms with E-state index in [9.17, 15) is 0 Å². The molecule has 1 nitrogen and oxygen atoms in total. The van der Waals surface area contributed by atoms with E-state index in [2.05, 4.69) is 11.9 Å². The summed E-state index contributed by atoms with van der Waals surface area (Å²) in [6.07, 6.45) is 8.06. The maximum atomic E-state index is 5.49. The van der Waals surface area contributed by atoms with E-state index in [4.69, 9.17) is 11.6 Å². The molecule has 0 aromatic heterocycles. The number of unbranched alkanes of at least 4 members (excludes halogenated alkanes) is 3. The van der Waals surface area contributed by atoms with Crippen molar-refractivity contribution in [3.05, 3.63) is 0 Å².